The number of likely N-dealkylation sites (tertiary alicyclic amines) is 1. The van der Waals surface area contributed by atoms with Gasteiger partial charge in [-0.3, -0.25) is 4.79 Å². The summed E-state index contributed by atoms with van der Waals surface area (Å²) in [5.74, 6) is 0.0562. The summed E-state index contributed by atoms with van der Waals surface area (Å²) in [6.45, 7) is 2.98. The summed E-state index contributed by atoms with van der Waals surface area (Å²) < 4.78 is 0. The Balaban J connectivity index is 2.11. The first-order valence-electron chi connectivity index (χ1n) is 5.43. The maximum absolute atomic E-state index is 11.9. The number of aromatic nitrogens is 1. The van der Waals surface area contributed by atoms with Gasteiger partial charge >= 0.3 is 0 Å². The van der Waals surface area contributed by atoms with Crippen molar-refractivity contribution in [3.8, 4) is 6.07 Å². The van der Waals surface area contributed by atoms with E-state index in [0.29, 0.717) is 30.0 Å². The van der Waals surface area contributed by atoms with Crippen LogP contribution in [0.4, 0.5) is 0 Å². The number of hydrogen-bond donors (Lipinski definition) is 1. The van der Waals surface area contributed by atoms with Gasteiger partial charge in [0, 0.05) is 25.6 Å². The Morgan fingerprint density at radius 3 is 2.88 bits per heavy atom. The molecule has 1 aliphatic heterocycles. The van der Waals surface area contributed by atoms with Crippen molar-refractivity contribution in [2.24, 2.45) is 5.92 Å². The number of aliphatic hydroxyl groups excluding tert-OH is 1. The quantitative estimate of drug-likeness (QED) is 0.795. The van der Waals surface area contributed by atoms with E-state index in [1.165, 1.54) is 0 Å². The summed E-state index contributed by atoms with van der Waals surface area (Å²) in [6, 6.07) is 5.19. The Hall–Kier alpha value is -1.93. The van der Waals surface area contributed by atoms with E-state index in [9.17, 15) is 4.79 Å². The molecule has 0 radical (unpaired) electrons. The molecule has 0 atom stereocenters. The minimum Gasteiger partial charge on any atom is -0.396 e. The molecule has 1 aromatic heterocycles. The van der Waals surface area contributed by atoms with Crippen LogP contribution < -0.4 is 0 Å². The minimum atomic E-state index is -0.137. The van der Waals surface area contributed by atoms with Gasteiger partial charge in [0.05, 0.1) is 11.3 Å². The second-order valence-corrected chi connectivity index (χ2v) is 4.20. The number of carbonyl (C=O) groups excluding carboxylic acids is 1. The van der Waals surface area contributed by atoms with Gasteiger partial charge in [0.15, 0.2) is 0 Å². The first-order valence-corrected chi connectivity index (χ1v) is 5.43. The van der Waals surface area contributed by atoms with Crippen molar-refractivity contribution in [2.75, 3.05) is 19.7 Å². The number of nitriles is 1. The number of aliphatic hydroxyl groups is 1. The molecule has 0 spiro atoms. The van der Waals surface area contributed by atoms with Crippen LogP contribution in [-0.2, 0) is 0 Å². The van der Waals surface area contributed by atoms with Crippen molar-refractivity contribution in [2.45, 2.75) is 6.92 Å². The first-order chi connectivity index (χ1) is 8.15. The maximum Gasteiger partial charge on any atom is 0.272 e. The van der Waals surface area contributed by atoms with Gasteiger partial charge in [-0.05, 0) is 19.1 Å². The predicted octanol–water partition coefficient (Wildman–Crippen LogP) is 0.326. The van der Waals surface area contributed by atoms with Crippen LogP contribution in [0.2, 0.25) is 0 Å². The molecule has 5 heteroatoms. The summed E-state index contributed by atoms with van der Waals surface area (Å²) in [4.78, 5) is 17.7. The first kappa shape index (κ1) is 11.6. The molecule has 0 aliphatic carbocycles. The van der Waals surface area contributed by atoms with E-state index < -0.39 is 0 Å². The standard InChI is InChI=1S/C12H13N3O2/c1-8-10(4-13)2-3-11(14-8)12(17)15-5-9(6-15)7-16/h2-3,9,16H,5-7H2,1H3. The van der Waals surface area contributed by atoms with E-state index >= 15 is 0 Å². The van der Waals surface area contributed by atoms with Crippen molar-refractivity contribution in [3.05, 3.63) is 29.1 Å². The number of aryl methyl sites for hydroxylation is 1. The molecule has 2 heterocycles. The van der Waals surface area contributed by atoms with E-state index in [-0.39, 0.29) is 18.4 Å². The fourth-order valence-electron chi connectivity index (χ4n) is 1.81. The van der Waals surface area contributed by atoms with Crippen molar-refractivity contribution in [3.63, 3.8) is 0 Å². The van der Waals surface area contributed by atoms with Crippen molar-refractivity contribution in [1.82, 2.24) is 9.88 Å². The highest BCUT2D eigenvalue weighted by molar-refractivity contribution is 5.93. The van der Waals surface area contributed by atoms with Gasteiger partial charge in [0.2, 0.25) is 0 Å². The predicted molar refractivity (Wildman–Crippen MR) is 60.2 cm³/mol. The minimum absolute atomic E-state index is 0.115. The monoisotopic (exact) mass is 231 g/mol. The van der Waals surface area contributed by atoms with Crippen molar-refractivity contribution in [1.29, 1.82) is 5.26 Å². The van der Waals surface area contributed by atoms with Crippen LogP contribution >= 0.6 is 0 Å². The molecule has 2 rings (SSSR count). The number of carbonyl (C=O) groups is 1. The SMILES string of the molecule is Cc1nc(C(=O)N2CC(CO)C2)ccc1C#N. The average Bonchev–Trinajstić information content (AvgIpc) is 2.27. The molecule has 88 valence electrons. The summed E-state index contributed by atoms with van der Waals surface area (Å²) >= 11 is 0. The lowest BCUT2D eigenvalue weighted by Crippen LogP contribution is -2.51. The topological polar surface area (TPSA) is 77.2 Å². The highest BCUT2D eigenvalue weighted by Crippen LogP contribution is 2.17. The molecule has 0 unspecified atom stereocenters. The zero-order chi connectivity index (χ0) is 12.4. The molecule has 0 aromatic carbocycles. The second kappa shape index (κ2) is 4.52. The molecule has 1 aliphatic rings. The Labute approximate surface area is 99.3 Å². The van der Waals surface area contributed by atoms with E-state index in [4.69, 9.17) is 10.4 Å². The molecule has 1 fully saturated rings. The van der Waals surface area contributed by atoms with Gasteiger partial charge in [-0.25, -0.2) is 4.98 Å². The van der Waals surface area contributed by atoms with Crippen LogP contribution in [0.3, 0.4) is 0 Å². The average molecular weight is 231 g/mol. The van der Waals surface area contributed by atoms with E-state index in [2.05, 4.69) is 4.98 Å². The lowest BCUT2D eigenvalue weighted by molar-refractivity contribution is 0.0356. The fourth-order valence-corrected chi connectivity index (χ4v) is 1.81. The highest BCUT2D eigenvalue weighted by Gasteiger charge is 2.31. The molecule has 0 saturated carbocycles. The van der Waals surface area contributed by atoms with Crippen LogP contribution in [0.15, 0.2) is 12.1 Å². The lowest BCUT2D eigenvalue weighted by atomic mass is 10.0. The third kappa shape index (κ3) is 2.12. The molecule has 1 N–H and O–H groups in total. The summed E-state index contributed by atoms with van der Waals surface area (Å²) in [7, 11) is 0. The number of hydrogen-bond acceptors (Lipinski definition) is 4. The highest BCUT2D eigenvalue weighted by atomic mass is 16.3. The summed E-state index contributed by atoms with van der Waals surface area (Å²) in [5, 5.41) is 17.6. The molecule has 5 nitrogen and oxygen atoms in total. The second-order valence-electron chi connectivity index (χ2n) is 4.20. The third-order valence-electron chi connectivity index (χ3n) is 2.93. The Kier molecular flexibility index (Phi) is 3.07. The van der Waals surface area contributed by atoms with Crippen LogP contribution in [0.25, 0.3) is 0 Å². The summed E-state index contributed by atoms with van der Waals surface area (Å²) in [5.41, 5.74) is 1.41. The largest absolute Gasteiger partial charge is 0.396 e. The van der Waals surface area contributed by atoms with Gasteiger partial charge in [0.1, 0.15) is 11.8 Å². The normalized spacial score (nSPS) is 15.2. The van der Waals surface area contributed by atoms with Crippen molar-refractivity contribution < 1.29 is 9.90 Å². The number of amides is 1. The lowest BCUT2D eigenvalue weighted by Gasteiger charge is -2.37. The van der Waals surface area contributed by atoms with Crippen LogP contribution in [-0.4, -0.2) is 40.6 Å². The smallest absolute Gasteiger partial charge is 0.272 e. The van der Waals surface area contributed by atoms with Gasteiger partial charge in [-0.1, -0.05) is 0 Å². The number of nitrogens with zero attached hydrogens (tertiary/aromatic N) is 3. The van der Waals surface area contributed by atoms with Gasteiger partial charge in [-0.15, -0.1) is 0 Å². The van der Waals surface area contributed by atoms with Gasteiger partial charge in [0.25, 0.3) is 5.91 Å². The zero-order valence-electron chi connectivity index (χ0n) is 9.55. The molecular weight excluding hydrogens is 218 g/mol. The van der Waals surface area contributed by atoms with Crippen LogP contribution in [0, 0.1) is 24.2 Å². The molecule has 17 heavy (non-hydrogen) atoms. The van der Waals surface area contributed by atoms with Crippen LogP contribution in [0.5, 0.6) is 0 Å². The Morgan fingerprint density at radius 2 is 2.35 bits per heavy atom. The zero-order valence-corrected chi connectivity index (χ0v) is 9.55. The maximum atomic E-state index is 11.9. The van der Waals surface area contributed by atoms with Crippen LogP contribution in [0.1, 0.15) is 21.7 Å². The van der Waals surface area contributed by atoms with E-state index in [1.54, 1.807) is 24.0 Å². The molecule has 1 aromatic rings. The molecule has 0 bridgehead atoms. The third-order valence-corrected chi connectivity index (χ3v) is 2.93. The Bertz CT molecular complexity index is 487. The van der Waals surface area contributed by atoms with E-state index in [1.807, 2.05) is 6.07 Å². The molecule has 1 saturated heterocycles. The van der Waals surface area contributed by atoms with Gasteiger partial charge < -0.3 is 10.0 Å². The van der Waals surface area contributed by atoms with Gasteiger partial charge in [-0.2, -0.15) is 5.26 Å². The number of pyridine rings is 1. The number of rotatable bonds is 2. The van der Waals surface area contributed by atoms with E-state index in [0.717, 1.165) is 0 Å². The Morgan fingerprint density at radius 1 is 1.65 bits per heavy atom. The molecular formula is C12H13N3O2. The summed E-state index contributed by atoms with van der Waals surface area (Å²) in [6.07, 6.45) is 0. The molecule has 1 amide bonds. The van der Waals surface area contributed by atoms with Crippen molar-refractivity contribution >= 4 is 5.91 Å². The fraction of sp³-hybridized carbons (Fsp3) is 0.417.